The minimum Gasteiger partial charge on any atom is -0.299 e. The summed E-state index contributed by atoms with van der Waals surface area (Å²) in [6.07, 6.45) is 9.56. The molecule has 4 unspecified atom stereocenters. The highest BCUT2D eigenvalue weighted by atomic mass is 16.1. The molecular weight excluding hydrogens is 256 g/mol. The highest BCUT2D eigenvalue weighted by Crippen LogP contribution is 2.45. The summed E-state index contributed by atoms with van der Waals surface area (Å²) in [6.45, 7) is 2.31. The molecule has 0 heterocycles. The van der Waals surface area contributed by atoms with Gasteiger partial charge in [-0.15, -0.1) is 0 Å². The minimum absolute atomic E-state index is 0.342. The summed E-state index contributed by atoms with van der Waals surface area (Å²) in [7, 11) is 0. The van der Waals surface area contributed by atoms with E-state index in [0.29, 0.717) is 23.5 Å². The molecule has 0 spiro atoms. The first kappa shape index (κ1) is 14.8. The van der Waals surface area contributed by atoms with Crippen molar-refractivity contribution < 1.29 is 4.79 Å². The van der Waals surface area contributed by atoms with Crippen LogP contribution in [0, 0.1) is 17.8 Å². The third-order valence-corrected chi connectivity index (χ3v) is 5.97. The maximum absolute atomic E-state index is 12.5. The van der Waals surface area contributed by atoms with E-state index in [-0.39, 0.29) is 0 Å². The fourth-order valence-electron chi connectivity index (χ4n) is 4.77. The highest BCUT2D eigenvalue weighted by Gasteiger charge is 2.38. The monoisotopic (exact) mass is 284 g/mol. The van der Waals surface area contributed by atoms with Gasteiger partial charge in [0.05, 0.1) is 0 Å². The number of carbonyl (C=O) groups excluding carboxylic acids is 1. The van der Waals surface area contributed by atoms with Crippen molar-refractivity contribution in [2.45, 2.75) is 64.2 Å². The van der Waals surface area contributed by atoms with Gasteiger partial charge in [0.25, 0.3) is 0 Å². The second kappa shape index (κ2) is 6.77. The zero-order chi connectivity index (χ0) is 14.7. The molecular formula is C20H28O. The van der Waals surface area contributed by atoms with Crippen LogP contribution in [-0.2, 0) is 4.79 Å². The van der Waals surface area contributed by atoms with Crippen molar-refractivity contribution in [1.82, 2.24) is 0 Å². The molecule has 4 atom stereocenters. The molecule has 0 amide bonds. The van der Waals surface area contributed by atoms with Gasteiger partial charge in [-0.1, -0.05) is 62.9 Å². The van der Waals surface area contributed by atoms with Crippen LogP contribution >= 0.6 is 0 Å². The maximum Gasteiger partial charge on any atom is 0.136 e. The van der Waals surface area contributed by atoms with E-state index in [1.54, 1.807) is 0 Å². The average Bonchev–Trinajstić information content (AvgIpc) is 2.56. The first-order valence-corrected chi connectivity index (χ1v) is 8.87. The van der Waals surface area contributed by atoms with Gasteiger partial charge in [-0.2, -0.15) is 0 Å². The van der Waals surface area contributed by atoms with Gasteiger partial charge < -0.3 is 0 Å². The molecule has 0 saturated heterocycles. The van der Waals surface area contributed by atoms with Gasteiger partial charge in [-0.05, 0) is 42.6 Å². The van der Waals surface area contributed by atoms with Crippen molar-refractivity contribution in [2.24, 2.45) is 17.8 Å². The second-order valence-corrected chi connectivity index (χ2v) is 7.07. The Balaban J connectivity index is 1.75. The molecule has 3 rings (SSSR count). The number of hydrogen-bond donors (Lipinski definition) is 0. The predicted molar refractivity (Wildman–Crippen MR) is 87.3 cm³/mol. The summed E-state index contributed by atoms with van der Waals surface area (Å²) in [5.74, 6) is 2.97. The Kier molecular flexibility index (Phi) is 4.77. The summed E-state index contributed by atoms with van der Waals surface area (Å²) < 4.78 is 0. The van der Waals surface area contributed by atoms with Gasteiger partial charge in [0.15, 0.2) is 0 Å². The van der Waals surface area contributed by atoms with Crippen molar-refractivity contribution in [3.8, 4) is 0 Å². The van der Waals surface area contributed by atoms with Crippen LogP contribution in [0.25, 0.3) is 0 Å². The van der Waals surface area contributed by atoms with Crippen LogP contribution in [0.2, 0.25) is 0 Å². The lowest BCUT2D eigenvalue weighted by molar-refractivity contribution is -0.128. The van der Waals surface area contributed by atoms with E-state index >= 15 is 0 Å². The number of rotatable bonds is 3. The van der Waals surface area contributed by atoms with Crippen LogP contribution in [0.4, 0.5) is 0 Å². The molecule has 0 aromatic heterocycles. The fraction of sp³-hybridized carbons (Fsp3) is 0.650. The lowest BCUT2D eigenvalue weighted by atomic mass is 9.64. The van der Waals surface area contributed by atoms with E-state index in [9.17, 15) is 4.79 Å². The second-order valence-electron chi connectivity index (χ2n) is 7.07. The number of Topliss-reactive ketones (excluding diaryl/α,β-unsaturated/α-hetero) is 1. The molecule has 114 valence electrons. The molecule has 0 aliphatic heterocycles. The fourth-order valence-corrected chi connectivity index (χ4v) is 4.77. The third-order valence-electron chi connectivity index (χ3n) is 5.97. The number of carbonyl (C=O) groups is 1. The van der Waals surface area contributed by atoms with E-state index in [1.807, 2.05) is 0 Å². The lowest BCUT2D eigenvalue weighted by Gasteiger charge is -2.40. The van der Waals surface area contributed by atoms with Crippen LogP contribution in [0.5, 0.6) is 0 Å². The van der Waals surface area contributed by atoms with Crippen molar-refractivity contribution in [3.63, 3.8) is 0 Å². The predicted octanol–water partition coefficient (Wildman–Crippen LogP) is 5.36. The minimum atomic E-state index is 0.342. The van der Waals surface area contributed by atoms with Crippen LogP contribution < -0.4 is 0 Å². The lowest BCUT2D eigenvalue weighted by Crippen LogP contribution is -2.35. The molecule has 2 fully saturated rings. The van der Waals surface area contributed by atoms with E-state index in [2.05, 4.69) is 37.3 Å². The molecule has 1 aromatic carbocycles. The van der Waals surface area contributed by atoms with Crippen molar-refractivity contribution >= 4 is 5.78 Å². The molecule has 1 aromatic rings. The Hall–Kier alpha value is -1.11. The molecule has 0 radical (unpaired) electrons. The summed E-state index contributed by atoms with van der Waals surface area (Å²) in [5, 5.41) is 0. The van der Waals surface area contributed by atoms with Crippen LogP contribution in [0.1, 0.15) is 69.8 Å². The van der Waals surface area contributed by atoms with Gasteiger partial charge in [0, 0.05) is 12.3 Å². The van der Waals surface area contributed by atoms with Crippen molar-refractivity contribution in [3.05, 3.63) is 35.9 Å². The Morgan fingerprint density at radius 1 is 1.05 bits per heavy atom. The topological polar surface area (TPSA) is 17.1 Å². The van der Waals surface area contributed by atoms with E-state index < -0.39 is 0 Å². The highest BCUT2D eigenvalue weighted by molar-refractivity contribution is 5.82. The quantitative estimate of drug-likeness (QED) is 0.730. The molecule has 2 aliphatic carbocycles. The first-order valence-electron chi connectivity index (χ1n) is 8.87. The summed E-state index contributed by atoms with van der Waals surface area (Å²) in [5.41, 5.74) is 1.44. The molecule has 1 heteroatoms. The summed E-state index contributed by atoms with van der Waals surface area (Å²) in [4.78, 5) is 12.5. The van der Waals surface area contributed by atoms with E-state index in [1.165, 1.54) is 37.7 Å². The molecule has 21 heavy (non-hydrogen) atoms. The Morgan fingerprint density at radius 2 is 1.81 bits per heavy atom. The Morgan fingerprint density at radius 3 is 2.57 bits per heavy atom. The smallest absolute Gasteiger partial charge is 0.136 e. The van der Waals surface area contributed by atoms with Crippen molar-refractivity contribution in [2.75, 3.05) is 0 Å². The summed E-state index contributed by atoms with van der Waals surface area (Å²) in [6, 6.07) is 10.8. The summed E-state index contributed by atoms with van der Waals surface area (Å²) >= 11 is 0. The van der Waals surface area contributed by atoms with Gasteiger partial charge in [-0.25, -0.2) is 0 Å². The number of benzene rings is 1. The van der Waals surface area contributed by atoms with Gasteiger partial charge in [0.2, 0.25) is 0 Å². The maximum atomic E-state index is 12.5. The molecule has 2 saturated carbocycles. The Labute approximate surface area is 129 Å². The van der Waals surface area contributed by atoms with Crippen molar-refractivity contribution in [1.29, 1.82) is 0 Å². The average molecular weight is 284 g/mol. The number of ketones is 1. The zero-order valence-electron chi connectivity index (χ0n) is 13.3. The van der Waals surface area contributed by atoms with Crippen LogP contribution in [-0.4, -0.2) is 5.78 Å². The third kappa shape index (κ3) is 3.22. The van der Waals surface area contributed by atoms with Gasteiger partial charge in [-0.3, -0.25) is 4.79 Å². The molecule has 2 aliphatic rings. The van der Waals surface area contributed by atoms with Gasteiger partial charge in [0.1, 0.15) is 5.78 Å². The molecule has 1 nitrogen and oxygen atoms in total. The van der Waals surface area contributed by atoms with E-state index in [4.69, 9.17) is 0 Å². The molecule has 0 N–H and O–H groups in total. The Bertz CT molecular complexity index is 464. The first-order chi connectivity index (χ1) is 10.3. The molecule has 0 bridgehead atoms. The largest absolute Gasteiger partial charge is 0.299 e. The zero-order valence-corrected chi connectivity index (χ0v) is 13.3. The number of hydrogen-bond acceptors (Lipinski definition) is 1. The van der Waals surface area contributed by atoms with Crippen LogP contribution in [0.15, 0.2) is 30.3 Å². The SMILES string of the molecule is CCC1CCCCC1C1CC(c2ccccc2)CCC1=O. The van der Waals surface area contributed by atoms with E-state index in [0.717, 1.165) is 25.2 Å². The standard InChI is InChI=1S/C20H28O/c1-2-15-8-6-7-11-18(15)19-14-17(12-13-20(19)21)16-9-4-3-5-10-16/h3-5,9-10,15,17-19H,2,6-8,11-14H2,1H3. The normalized spacial score (nSPS) is 33.9. The van der Waals surface area contributed by atoms with Gasteiger partial charge >= 0.3 is 0 Å². The van der Waals surface area contributed by atoms with Crippen LogP contribution in [0.3, 0.4) is 0 Å².